The lowest BCUT2D eigenvalue weighted by Gasteiger charge is -2.19. The average molecular weight is 255 g/mol. The van der Waals surface area contributed by atoms with Gasteiger partial charge in [0.25, 0.3) is 0 Å². The van der Waals surface area contributed by atoms with Gasteiger partial charge in [-0.15, -0.1) is 0 Å². The molecule has 1 aromatic heterocycles. The van der Waals surface area contributed by atoms with Gasteiger partial charge in [0.15, 0.2) is 0 Å². The molecule has 0 aliphatic rings. The maximum Gasteiger partial charge on any atom is 0.427 e. The number of amides is 1. The third-order valence-corrected chi connectivity index (χ3v) is 1.72. The Morgan fingerprint density at radius 1 is 1.39 bits per heavy atom. The number of esters is 1. The lowest BCUT2D eigenvalue weighted by atomic mass is 10.2. The predicted molar refractivity (Wildman–Crippen MR) is 63.9 cm³/mol. The second kappa shape index (κ2) is 5.07. The standard InChI is InChI=1S/C11H17N3O4/c1-7-12-9(17-8(2)15)6-14(7)13-10(16)18-11(3,4)5/h6H,1-5H3,(H,13,16). The van der Waals surface area contributed by atoms with Crippen LogP contribution in [0, 0.1) is 6.92 Å². The highest BCUT2D eigenvalue weighted by Gasteiger charge is 2.17. The van der Waals surface area contributed by atoms with Crippen molar-refractivity contribution in [2.45, 2.75) is 40.2 Å². The van der Waals surface area contributed by atoms with E-state index >= 15 is 0 Å². The van der Waals surface area contributed by atoms with E-state index in [0.29, 0.717) is 5.82 Å². The van der Waals surface area contributed by atoms with Crippen molar-refractivity contribution in [2.75, 3.05) is 5.43 Å². The van der Waals surface area contributed by atoms with Crippen LogP contribution in [0.3, 0.4) is 0 Å². The topological polar surface area (TPSA) is 82.5 Å². The van der Waals surface area contributed by atoms with E-state index < -0.39 is 17.7 Å². The number of carbonyl (C=O) groups is 2. The fourth-order valence-electron chi connectivity index (χ4n) is 1.15. The normalized spacial score (nSPS) is 10.9. The number of hydrogen-bond acceptors (Lipinski definition) is 5. The molecular formula is C11H17N3O4. The average Bonchev–Trinajstić information content (AvgIpc) is 2.41. The minimum Gasteiger partial charge on any atom is -0.443 e. The summed E-state index contributed by atoms with van der Waals surface area (Å²) in [6.07, 6.45) is 0.776. The summed E-state index contributed by atoms with van der Waals surface area (Å²) < 4.78 is 11.2. The molecule has 0 bridgehead atoms. The van der Waals surface area contributed by atoms with Gasteiger partial charge in [-0.05, 0) is 27.7 Å². The highest BCUT2D eigenvalue weighted by Crippen LogP contribution is 2.11. The highest BCUT2D eigenvalue weighted by atomic mass is 16.6. The summed E-state index contributed by atoms with van der Waals surface area (Å²) in [5.41, 5.74) is 1.88. The maximum absolute atomic E-state index is 11.5. The summed E-state index contributed by atoms with van der Waals surface area (Å²) in [5, 5.41) is 0. The molecule has 18 heavy (non-hydrogen) atoms. The van der Waals surface area contributed by atoms with Gasteiger partial charge in [-0.3, -0.25) is 4.79 Å². The number of carbonyl (C=O) groups excluding carboxylic acids is 2. The second-order valence-electron chi connectivity index (χ2n) is 4.70. The molecule has 100 valence electrons. The van der Waals surface area contributed by atoms with Gasteiger partial charge in [-0.1, -0.05) is 0 Å². The Bertz CT molecular complexity index is 459. The zero-order valence-electron chi connectivity index (χ0n) is 11.1. The van der Waals surface area contributed by atoms with Crippen molar-refractivity contribution in [3.63, 3.8) is 0 Å². The Balaban J connectivity index is 2.70. The Kier molecular flexibility index (Phi) is 3.95. The molecule has 1 aromatic rings. The molecule has 0 spiro atoms. The third kappa shape index (κ3) is 4.44. The zero-order chi connectivity index (χ0) is 13.9. The van der Waals surface area contributed by atoms with E-state index in [0.717, 1.165) is 0 Å². The molecule has 0 aliphatic carbocycles. The minimum absolute atomic E-state index is 0.121. The van der Waals surface area contributed by atoms with Gasteiger partial charge >= 0.3 is 12.1 Å². The molecule has 0 fully saturated rings. The van der Waals surface area contributed by atoms with Crippen LogP contribution in [-0.2, 0) is 9.53 Å². The Morgan fingerprint density at radius 2 is 2.00 bits per heavy atom. The van der Waals surface area contributed by atoms with Gasteiger partial charge < -0.3 is 9.47 Å². The van der Waals surface area contributed by atoms with Crippen LogP contribution in [-0.4, -0.2) is 27.3 Å². The lowest BCUT2D eigenvalue weighted by Crippen LogP contribution is -2.31. The first-order valence-electron chi connectivity index (χ1n) is 5.42. The number of nitrogens with zero attached hydrogens (tertiary/aromatic N) is 2. The van der Waals surface area contributed by atoms with Crippen LogP contribution in [0.1, 0.15) is 33.5 Å². The van der Waals surface area contributed by atoms with E-state index in [1.807, 2.05) is 0 Å². The molecule has 0 saturated carbocycles. The molecule has 0 radical (unpaired) electrons. The van der Waals surface area contributed by atoms with Crippen LogP contribution in [0.2, 0.25) is 0 Å². The molecule has 1 rings (SSSR count). The van der Waals surface area contributed by atoms with E-state index in [4.69, 9.17) is 9.47 Å². The van der Waals surface area contributed by atoms with Gasteiger partial charge in [-0.25, -0.2) is 14.9 Å². The van der Waals surface area contributed by atoms with Crippen molar-refractivity contribution in [3.8, 4) is 5.88 Å². The quantitative estimate of drug-likeness (QED) is 0.811. The fourth-order valence-corrected chi connectivity index (χ4v) is 1.15. The van der Waals surface area contributed by atoms with Gasteiger partial charge in [0.1, 0.15) is 11.4 Å². The number of aryl methyl sites for hydroxylation is 1. The van der Waals surface area contributed by atoms with Crippen LogP contribution in [0.5, 0.6) is 5.88 Å². The molecule has 1 amide bonds. The number of ether oxygens (including phenoxy) is 2. The smallest absolute Gasteiger partial charge is 0.427 e. The minimum atomic E-state index is -0.614. The van der Waals surface area contributed by atoms with Crippen molar-refractivity contribution >= 4 is 12.1 Å². The molecule has 0 saturated heterocycles. The Hall–Kier alpha value is -2.05. The molecule has 1 N–H and O–H groups in total. The molecule has 7 heteroatoms. The van der Waals surface area contributed by atoms with E-state index in [1.54, 1.807) is 27.7 Å². The van der Waals surface area contributed by atoms with Crippen molar-refractivity contribution in [1.82, 2.24) is 9.66 Å². The molecule has 0 atom stereocenters. The van der Waals surface area contributed by atoms with Crippen LogP contribution in [0.15, 0.2) is 6.20 Å². The van der Waals surface area contributed by atoms with E-state index in [-0.39, 0.29) is 5.88 Å². The van der Waals surface area contributed by atoms with Crippen molar-refractivity contribution < 1.29 is 19.1 Å². The molecule has 7 nitrogen and oxygen atoms in total. The number of hydrogen-bond donors (Lipinski definition) is 1. The maximum atomic E-state index is 11.5. The van der Waals surface area contributed by atoms with Crippen LogP contribution >= 0.6 is 0 Å². The highest BCUT2D eigenvalue weighted by molar-refractivity contribution is 5.76. The van der Waals surface area contributed by atoms with Crippen LogP contribution < -0.4 is 10.2 Å². The first-order valence-corrected chi connectivity index (χ1v) is 5.42. The number of rotatable bonds is 2. The van der Waals surface area contributed by atoms with E-state index in [9.17, 15) is 9.59 Å². The summed E-state index contributed by atoms with van der Waals surface area (Å²) in [5.74, 6) is 0.116. The van der Waals surface area contributed by atoms with E-state index in [1.165, 1.54) is 17.8 Å². The summed E-state index contributed by atoms with van der Waals surface area (Å²) in [4.78, 5) is 26.2. The lowest BCUT2D eigenvalue weighted by molar-refractivity contribution is -0.132. The second-order valence-corrected chi connectivity index (χ2v) is 4.70. The summed E-state index contributed by atoms with van der Waals surface area (Å²) >= 11 is 0. The fraction of sp³-hybridized carbons (Fsp3) is 0.545. The van der Waals surface area contributed by atoms with Crippen molar-refractivity contribution in [1.29, 1.82) is 0 Å². The van der Waals surface area contributed by atoms with Crippen molar-refractivity contribution in [2.24, 2.45) is 0 Å². The van der Waals surface area contributed by atoms with Gasteiger partial charge in [0.2, 0.25) is 5.88 Å². The van der Waals surface area contributed by atoms with Gasteiger partial charge in [0.05, 0.1) is 6.20 Å². The van der Waals surface area contributed by atoms with Crippen LogP contribution in [0.25, 0.3) is 0 Å². The van der Waals surface area contributed by atoms with Crippen LogP contribution in [0.4, 0.5) is 4.79 Å². The van der Waals surface area contributed by atoms with Crippen molar-refractivity contribution in [3.05, 3.63) is 12.0 Å². The molecule has 0 unspecified atom stereocenters. The largest absolute Gasteiger partial charge is 0.443 e. The molecular weight excluding hydrogens is 238 g/mol. The predicted octanol–water partition coefficient (Wildman–Crippen LogP) is 1.60. The summed E-state index contributed by atoms with van der Waals surface area (Å²) in [6.45, 7) is 8.22. The SMILES string of the molecule is CC(=O)Oc1cn(NC(=O)OC(C)(C)C)c(C)n1. The first kappa shape index (κ1) is 14.0. The molecule has 0 aromatic carbocycles. The third-order valence-electron chi connectivity index (χ3n) is 1.72. The molecule has 0 aliphatic heterocycles. The number of imidazole rings is 1. The number of aromatic nitrogens is 2. The van der Waals surface area contributed by atoms with Gasteiger partial charge in [0, 0.05) is 6.92 Å². The summed E-state index contributed by atoms with van der Waals surface area (Å²) in [7, 11) is 0. The Labute approximate surface area is 105 Å². The zero-order valence-corrected chi connectivity index (χ0v) is 11.1. The molecule has 1 heterocycles. The monoisotopic (exact) mass is 255 g/mol. The first-order chi connectivity index (χ1) is 8.17. The van der Waals surface area contributed by atoms with Gasteiger partial charge in [-0.2, -0.15) is 4.98 Å². The number of nitrogens with one attached hydrogen (secondary N) is 1. The summed E-state index contributed by atoms with van der Waals surface area (Å²) in [6, 6.07) is 0. The van der Waals surface area contributed by atoms with E-state index in [2.05, 4.69) is 10.4 Å². The Morgan fingerprint density at radius 3 is 2.50 bits per heavy atom.